The van der Waals surface area contributed by atoms with Gasteiger partial charge in [-0.1, -0.05) is 24.3 Å². The Labute approximate surface area is 390 Å². The summed E-state index contributed by atoms with van der Waals surface area (Å²) >= 11 is 0. The fourth-order valence-electron chi connectivity index (χ4n) is 12.1. The van der Waals surface area contributed by atoms with Crippen molar-refractivity contribution in [1.29, 1.82) is 0 Å². The van der Waals surface area contributed by atoms with Crippen LogP contribution < -0.4 is 24.6 Å². The number of benzene rings is 3. The molecule has 1 saturated carbocycles. The zero-order valence-corrected chi connectivity index (χ0v) is 38.8. The van der Waals surface area contributed by atoms with E-state index in [2.05, 4.69) is 62.9 Å². The summed E-state index contributed by atoms with van der Waals surface area (Å²) in [7, 11) is -4.59. The summed E-state index contributed by atoms with van der Waals surface area (Å²) in [5, 5.41) is 16.3. The molecule has 3 aromatic carbocycles. The number of aryl methyl sites for hydroxylation is 1. The SMILES string of the molecule is Cc1ccccc1[C@@H]1CCCN1C1CC2(CCN(c3ccc(C(=O)NS(=O)(=O)c4ccc(NCC5CCOCC5)c([N+](=O)[O-])c4)c(N4c5cc6cc[nH]c6nc5O[C@@H]5COC[C@H]54)c3)[C@@H](C)C2)C1. The zero-order valence-electron chi connectivity index (χ0n) is 38.0. The van der Waals surface area contributed by atoms with E-state index in [1.165, 1.54) is 48.9 Å². The first-order chi connectivity index (χ1) is 32.4. The van der Waals surface area contributed by atoms with Crippen LogP contribution in [0.15, 0.2) is 83.9 Å². The highest BCUT2D eigenvalue weighted by Gasteiger charge is 2.52. The Morgan fingerprint density at radius 2 is 1.81 bits per heavy atom. The van der Waals surface area contributed by atoms with Gasteiger partial charge in [0.2, 0.25) is 5.88 Å². The number of aromatic nitrogens is 2. The smallest absolute Gasteiger partial charge is 0.293 e. The van der Waals surface area contributed by atoms with Crippen LogP contribution in [0.25, 0.3) is 11.0 Å². The van der Waals surface area contributed by atoms with Gasteiger partial charge in [-0.2, -0.15) is 4.98 Å². The number of nitrogens with zero attached hydrogens (tertiary/aromatic N) is 5. The summed E-state index contributed by atoms with van der Waals surface area (Å²) in [6.45, 7) is 8.88. The molecule has 0 unspecified atom stereocenters. The average molecular weight is 931 g/mol. The van der Waals surface area contributed by atoms with Gasteiger partial charge < -0.3 is 34.3 Å². The number of aromatic amines is 1. The van der Waals surface area contributed by atoms with E-state index in [4.69, 9.17) is 19.2 Å². The number of carbonyl (C=O) groups is 1. The molecular weight excluding hydrogens is 873 g/mol. The predicted octanol–water partition coefficient (Wildman–Crippen LogP) is 8.01. The van der Waals surface area contributed by atoms with Crippen LogP contribution in [0.5, 0.6) is 5.88 Å². The average Bonchev–Trinajstić information content (AvgIpc) is 4.10. The molecule has 2 aromatic heterocycles. The van der Waals surface area contributed by atoms with Gasteiger partial charge in [0.05, 0.1) is 40.3 Å². The van der Waals surface area contributed by atoms with Gasteiger partial charge in [0.15, 0.2) is 0 Å². The Morgan fingerprint density at radius 3 is 2.61 bits per heavy atom. The van der Waals surface area contributed by atoms with E-state index in [-0.39, 0.29) is 34.7 Å². The van der Waals surface area contributed by atoms with Gasteiger partial charge in [0, 0.05) is 67.8 Å². The molecule has 1 amide bonds. The van der Waals surface area contributed by atoms with Crippen molar-refractivity contribution in [3.63, 3.8) is 0 Å². The van der Waals surface area contributed by atoms with Crippen LogP contribution in [-0.2, 0) is 19.5 Å². The number of carbonyl (C=O) groups excluding carboxylic acids is 1. The number of anilines is 4. The number of amides is 1. The van der Waals surface area contributed by atoms with E-state index in [9.17, 15) is 23.3 Å². The van der Waals surface area contributed by atoms with Crippen LogP contribution >= 0.6 is 0 Å². The van der Waals surface area contributed by atoms with Crippen LogP contribution in [-0.4, -0.2) is 104 Å². The number of hydrogen-bond acceptors (Lipinski definition) is 13. The molecule has 0 bridgehead atoms. The number of ether oxygens (including phenoxy) is 3. The Balaban J connectivity index is 0.884. The summed E-state index contributed by atoms with van der Waals surface area (Å²) in [5.74, 6) is -0.226. The predicted molar refractivity (Wildman–Crippen MR) is 255 cm³/mol. The minimum absolute atomic E-state index is 0.112. The Hall–Kier alpha value is -5.75. The van der Waals surface area contributed by atoms with Crippen molar-refractivity contribution in [2.75, 3.05) is 61.2 Å². The first kappa shape index (κ1) is 43.8. The number of nitro groups is 1. The molecule has 17 heteroatoms. The third-order valence-electron chi connectivity index (χ3n) is 15.6. The molecule has 5 fully saturated rings. The fraction of sp³-hybridized carbons (Fsp3) is 0.480. The molecule has 1 spiro atoms. The molecule has 4 atom stereocenters. The van der Waals surface area contributed by atoms with Crippen molar-refractivity contribution in [3.05, 3.63) is 106 Å². The standard InChI is InChI=1S/C50H58N8O8S/c1-31-6-3-4-7-38(31)41-8-5-18-56(41)36-26-50(27-36)16-19-55(32(2)25-50)35-9-11-39(42(23-35)57-44-22-34-13-17-51-47(34)53-49(44)66-46-30-65-29-45(46)57)48(59)54-67(62,63)37-10-12-40(43(24-37)58(60)61)52-28-33-14-20-64-21-15-33/h3-4,6-7,9-13,17,22-24,32-33,36,41,45-46,52H,5,8,14-16,18-21,25-30H2,1-2H3,(H,51,53)(H,54,59)/t32-,36?,41-,45+,46+,50?/m0/s1. The zero-order chi connectivity index (χ0) is 46.0. The van der Waals surface area contributed by atoms with Crippen molar-refractivity contribution in [1.82, 2.24) is 19.6 Å². The van der Waals surface area contributed by atoms with Crippen LogP contribution in [0.3, 0.4) is 0 Å². The van der Waals surface area contributed by atoms with Crippen molar-refractivity contribution >= 4 is 55.4 Å². The molecule has 3 N–H and O–H groups in total. The maximum absolute atomic E-state index is 14.6. The Kier molecular flexibility index (Phi) is 11.4. The first-order valence-corrected chi connectivity index (χ1v) is 25.3. The number of sulfonamides is 1. The van der Waals surface area contributed by atoms with E-state index in [1.807, 2.05) is 35.4 Å². The lowest BCUT2D eigenvalue weighted by Gasteiger charge is -2.57. The number of rotatable bonds is 11. The van der Waals surface area contributed by atoms with E-state index in [0.717, 1.165) is 55.9 Å². The number of piperidine rings is 1. The normalized spacial score (nSPS) is 26.5. The lowest BCUT2D eigenvalue weighted by molar-refractivity contribution is -0.384. The monoisotopic (exact) mass is 930 g/mol. The number of fused-ring (bicyclic) bond motifs is 3. The van der Waals surface area contributed by atoms with Crippen LogP contribution in [0, 0.1) is 28.4 Å². The van der Waals surface area contributed by atoms with E-state index in [1.54, 1.807) is 6.07 Å². The van der Waals surface area contributed by atoms with Crippen LogP contribution in [0.2, 0.25) is 0 Å². The minimum Gasteiger partial charge on any atom is -0.468 e. The van der Waals surface area contributed by atoms with Gasteiger partial charge in [-0.25, -0.2) is 13.1 Å². The highest BCUT2D eigenvalue weighted by molar-refractivity contribution is 7.90. The van der Waals surface area contributed by atoms with Gasteiger partial charge in [-0.15, -0.1) is 0 Å². The van der Waals surface area contributed by atoms with Gasteiger partial charge >= 0.3 is 0 Å². The van der Waals surface area contributed by atoms with Gasteiger partial charge in [-0.05, 0) is 137 Å². The summed E-state index contributed by atoms with van der Waals surface area (Å²) in [6.07, 6.45) is 9.98. The third-order valence-corrected chi connectivity index (χ3v) is 16.9. The number of nitrogens with one attached hydrogen (secondary N) is 3. The van der Waals surface area contributed by atoms with Gasteiger partial charge in [0.25, 0.3) is 21.6 Å². The first-order valence-electron chi connectivity index (χ1n) is 23.8. The lowest BCUT2D eigenvalue weighted by Crippen LogP contribution is -2.57. The number of H-pyrrole nitrogens is 1. The van der Waals surface area contributed by atoms with Crippen LogP contribution in [0.1, 0.15) is 85.8 Å². The third kappa shape index (κ3) is 8.16. The second kappa shape index (κ2) is 17.4. The molecule has 67 heavy (non-hydrogen) atoms. The summed E-state index contributed by atoms with van der Waals surface area (Å²) in [5.41, 5.74) is 5.72. The van der Waals surface area contributed by atoms with Crippen LogP contribution in [0.4, 0.5) is 28.4 Å². The molecule has 1 aliphatic carbocycles. The molecule has 16 nitrogen and oxygen atoms in total. The van der Waals surface area contributed by atoms with E-state index < -0.39 is 37.5 Å². The highest BCUT2D eigenvalue weighted by atomic mass is 32.2. The van der Waals surface area contributed by atoms with Crippen molar-refractivity contribution < 1.29 is 32.3 Å². The number of likely N-dealkylation sites (tertiary alicyclic amines) is 1. The Morgan fingerprint density at radius 1 is 0.970 bits per heavy atom. The molecule has 0 radical (unpaired) electrons. The molecular formula is C50H58N8O8S. The molecule has 5 aromatic rings. The number of hydrogen-bond donors (Lipinski definition) is 3. The molecule has 6 aliphatic rings. The molecule has 4 saturated heterocycles. The second-order valence-corrected chi connectivity index (χ2v) is 21.4. The molecule has 5 aliphatic heterocycles. The second-order valence-electron chi connectivity index (χ2n) is 19.7. The number of nitro benzene ring substituents is 1. The largest absolute Gasteiger partial charge is 0.468 e. The van der Waals surface area contributed by atoms with Crippen molar-refractivity contribution in [2.24, 2.45) is 11.3 Å². The quantitative estimate of drug-likeness (QED) is 0.0856. The molecule has 352 valence electrons. The summed E-state index contributed by atoms with van der Waals surface area (Å²) < 4.78 is 48.3. The van der Waals surface area contributed by atoms with Crippen molar-refractivity contribution in [2.45, 2.75) is 100 Å². The summed E-state index contributed by atoms with van der Waals surface area (Å²) in [4.78, 5) is 41.1. The Bertz CT molecular complexity index is 2820. The lowest BCUT2D eigenvalue weighted by atomic mass is 9.58. The van der Waals surface area contributed by atoms with E-state index >= 15 is 0 Å². The highest BCUT2D eigenvalue weighted by Crippen LogP contribution is 2.56. The minimum atomic E-state index is -4.59. The summed E-state index contributed by atoms with van der Waals surface area (Å²) in [6, 6.07) is 22.9. The molecule has 11 rings (SSSR count). The van der Waals surface area contributed by atoms with Crippen molar-refractivity contribution in [3.8, 4) is 5.88 Å². The maximum Gasteiger partial charge on any atom is 0.293 e. The fourth-order valence-corrected chi connectivity index (χ4v) is 13.1. The van der Waals surface area contributed by atoms with Gasteiger partial charge in [0.1, 0.15) is 23.1 Å². The molecule has 7 heterocycles. The number of pyridine rings is 1. The topological polar surface area (TPSA) is 184 Å². The maximum atomic E-state index is 14.6. The van der Waals surface area contributed by atoms with E-state index in [0.29, 0.717) is 68.0 Å². The van der Waals surface area contributed by atoms with Gasteiger partial charge in [-0.3, -0.25) is 19.8 Å².